The van der Waals surface area contributed by atoms with E-state index in [0.717, 1.165) is 16.6 Å². The molecule has 0 aliphatic carbocycles. The van der Waals surface area contributed by atoms with Crippen LogP contribution in [0.3, 0.4) is 0 Å². The van der Waals surface area contributed by atoms with E-state index < -0.39 is 27.4 Å². The van der Waals surface area contributed by atoms with Crippen molar-refractivity contribution in [1.29, 1.82) is 0 Å². The van der Waals surface area contributed by atoms with Crippen molar-refractivity contribution in [3.8, 4) is 0 Å². The zero-order valence-electron chi connectivity index (χ0n) is 10.3. The van der Waals surface area contributed by atoms with Crippen LogP contribution in [0.15, 0.2) is 51.8 Å². The van der Waals surface area contributed by atoms with Crippen LogP contribution in [0.25, 0.3) is 0 Å². The van der Waals surface area contributed by atoms with Crippen molar-refractivity contribution in [2.45, 2.75) is 4.90 Å². The number of aromatic carboxylic acids is 1. The number of anilines is 1. The van der Waals surface area contributed by atoms with Crippen molar-refractivity contribution < 1.29 is 22.7 Å². The van der Waals surface area contributed by atoms with E-state index in [1.54, 1.807) is 12.1 Å². The Morgan fingerprint density at radius 3 is 2.33 bits per heavy atom. The minimum absolute atomic E-state index is 0.289. The average Bonchev–Trinajstić information content (AvgIpc) is 2.41. The number of nitrogens with one attached hydrogen (secondary N) is 1. The predicted molar refractivity (Wildman–Crippen MR) is 75.7 cm³/mol. The van der Waals surface area contributed by atoms with Crippen LogP contribution in [-0.2, 0) is 10.0 Å². The number of halogens is 2. The number of carbonyl (C=O) groups excluding carboxylic acids is 1. The first-order valence-corrected chi connectivity index (χ1v) is 7.86. The fourth-order valence-corrected chi connectivity index (χ4v) is 2.91. The van der Waals surface area contributed by atoms with Gasteiger partial charge in [0.05, 0.1) is 10.9 Å². The van der Waals surface area contributed by atoms with Gasteiger partial charge in [-0.05, 0) is 42.5 Å². The van der Waals surface area contributed by atoms with E-state index in [1.165, 1.54) is 12.1 Å². The minimum Gasteiger partial charge on any atom is -0.545 e. The van der Waals surface area contributed by atoms with Gasteiger partial charge in [-0.3, -0.25) is 4.72 Å². The monoisotopic (exact) mass is 372 g/mol. The van der Waals surface area contributed by atoms with Crippen LogP contribution in [0.2, 0.25) is 0 Å². The van der Waals surface area contributed by atoms with Gasteiger partial charge in [-0.15, -0.1) is 0 Å². The highest BCUT2D eigenvalue weighted by Crippen LogP contribution is 2.20. The smallest absolute Gasteiger partial charge is 0.261 e. The van der Waals surface area contributed by atoms with Gasteiger partial charge in [0.15, 0.2) is 0 Å². The van der Waals surface area contributed by atoms with Gasteiger partial charge in [-0.1, -0.05) is 15.9 Å². The van der Waals surface area contributed by atoms with Crippen molar-refractivity contribution in [1.82, 2.24) is 0 Å². The van der Waals surface area contributed by atoms with Gasteiger partial charge in [0.1, 0.15) is 5.82 Å². The average molecular weight is 373 g/mol. The van der Waals surface area contributed by atoms with Crippen molar-refractivity contribution >= 4 is 37.6 Å². The lowest BCUT2D eigenvalue weighted by atomic mass is 10.2. The normalized spacial score (nSPS) is 11.1. The highest BCUT2D eigenvalue weighted by atomic mass is 79.9. The largest absolute Gasteiger partial charge is 0.545 e. The molecule has 0 aliphatic rings. The molecule has 21 heavy (non-hydrogen) atoms. The van der Waals surface area contributed by atoms with Gasteiger partial charge in [-0.2, -0.15) is 0 Å². The predicted octanol–water partition coefficient (Wildman–Crippen LogP) is 1.75. The highest BCUT2D eigenvalue weighted by Gasteiger charge is 2.16. The molecule has 0 unspecified atom stereocenters. The number of rotatable bonds is 4. The quantitative estimate of drug-likeness (QED) is 0.885. The number of carboxylic acid groups (broad SMARTS) is 1. The molecule has 0 spiro atoms. The van der Waals surface area contributed by atoms with Gasteiger partial charge in [0.2, 0.25) is 0 Å². The summed E-state index contributed by atoms with van der Waals surface area (Å²) in [5, 5.41) is 10.7. The number of carboxylic acids is 1. The molecular formula is C13H8BrFNO4S-. The summed E-state index contributed by atoms with van der Waals surface area (Å²) in [7, 11) is -4.02. The number of hydrogen-bond donors (Lipinski definition) is 1. The van der Waals surface area contributed by atoms with Crippen LogP contribution in [0, 0.1) is 5.82 Å². The van der Waals surface area contributed by atoms with Crippen LogP contribution in [0.5, 0.6) is 0 Å². The number of benzene rings is 2. The molecule has 2 rings (SSSR count). The zero-order valence-corrected chi connectivity index (χ0v) is 12.7. The van der Waals surface area contributed by atoms with Gasteiger partial charge in [0, 0.05) is 15.7 Å². The summed E-state index contributed by atoms with van der Waals surface area (Å²) in [6.45, 7) is 0. The van der Waals surface area contributed by atoms with Crippen LogP contribution in [-0.4, -0.2) is 14.4 Å². The Balaban J connectivity index is 2.38. The van der Waals surface area contributed by atoms with E-state index in [-0.39, 0.29) is 10.6 Å². The second-order valence-corrected chi connectivity index (χ2v) is 6.64. The van der Waals surface area contributed by atoms with E-state index >= 15 is 0 Å². The molecule has 0 atom stereocenters. The second-order valence-electron chi connectivity index (χ2n) is 4.04. The van der Waals surface area contributed by atoms with Gasteiger partial charge in [-0.25, -0.2) is 12.8 Å². The lowest BCUT2D eigenvalue weighted by Gasteiger charge is -2.10. The number of carbonyl (C=O) groups is 1. The summed E-state index contributed by atoms with van der Waals surface area (Å²) in [5.74, 6) is -2.84. The molecule has 0 aromatic heterocycles. The maximum Gasteiger partial charge on any atom is 0.261 e. The van der Waals surface area contributed by atoms with E-state index in [9.17, 15) is 22.7 Å². The van der Waals surface area contributed by atoms with Crippen molar-refractivity contribution in [3.63, 3.8) is 0 Å². The Hall–Kier alpha value is -1.93. The highest BCUT2D eigenvalue weighted by molar-refractivity contribution is 9.10. The maximum atomic E-state index is 13.2. The Labute approximate surface area is 128 Å². The summed E-state index contributed by atoms with van der Waals surface area (Å²) in [6.07, 6.45) is 0. The molecular weight excluding hydrogens is 365 g/mol. The van der Waals surface area contributed by atoms with E-state index in [2.05, 4.69) is 20.7 Å². The molecule has 110 valence electrons. The van der Waals surface area contributed by atoms with Crippen molar-refractivity contribution in [2.24, 2.45) is 0 Å². The SMILES string of the molecule is O=C([O-])c1cc(S(=O)(=O)Nc2ccc(Br)cc2)ccc1F. The minimum atomic E-state index is -4.02. The first kappa shape index (κ1) is 15.5. The van der Waals surface area contributed by atoms with Gasteiger partial charge >= 0.3 is 0 Å². The van der Waals surface area contributed by atoms with Crippen LogP contribution in [0.1, 0.15) is 10.4 Å². The molecule has 0 saturated carbocycles. The van der Waals surface area contributed by atoms with Gasteiger partial charge in [0.25, 0.3) is 10.0 Å². The third-order valence-electron chi connectivity index (χ3n) is 2.56. The number of sulfonamides is 1. The molecule has 0 fully saturated rings. The lowest BCUT2D eigenvalue weighted by molar-refractivity contribution is -0.255. The third-order valence-corrected chi connectivity index (χ3v) is 4.47. The van der Waals surface area contributed by atoms with Crippen LogP contribution >= 0.6 is 15.9 Å². The molecule has 0 amide bonds. The molecule has 0 bridgehead atoms. The van der Waals surface area contributed by atoms with Crippen molar-refractivity contribution in [2.75, 3.05) is 4.72 Å². The third kappa shape index (κ3) is 3.59. The Morgan fingerprint density at radius 2 is 1.76 bits per heavy atom. The Morgan fingerprint density at radius 1 is 1.14 bits per heavy atom. The first-order chi connectivity index (χ1) is 9.79. The Bertz CT molecular complexity index is 790. The molecule has 5 nitrogen and oxygen atoms in total. The van der Waals surface area contributed by atoms with E-state index in [1.807, 2.05) is 0 Å². The summed E-state index contributed by atoms with van der Waals surface area (Å²) in [5.41, 5.74) is -0.522. The maximum absolute atomic E-state index is 13.2. The molecule has 0 saturated heterocycles. The summed E-state index contributed by atoms with van der Waals surface area (Å²) in [4.78, 5) is 10.4. The summed E-state index contributed by atoms with van der Waals surface area (Å²) in [6, 6.07) is 8.76. The van der Waals surface area contributed by atoms with Crippen LogP contribution in [0.4, 0.5) is 10.1 Å². The fraction of sp³-hybridized carbons (Fsp3) is 0. The second kappa shape index (κ2) is 5.82. The summed E-state index contributed by atoms with van der Waals surface area (Å²) < 4.78 is 40.5. The van der Waals surface area contributed by atoms with Gasteiger partial charge < -0.3 is 9.90 Å². The first-order valence-electron chi connectivity index (χ1n) is 5.59. The number of hydrogen-bond acceptors (Lipinski definition) is 4. The van der Waals surface area contributed by atoms with Crippen molar-refractivity contribution in [3.05, 3.63) is 58.3 Å². The lowest BCUT2D eigenvalue weighted by Crippen LogP contribution is -2.24. The summed E-state index contributed by atoms with van der Waals surface area (Å²) >= 11 is 3.21. The van der Waals surface area contributed by atoms with E-state index in [0.29, 0.717) is 6.07 Å². The molecule has 2 aromatic rings. The standard InChI is InChI=1S/C13H9BrFNO4S/c14-8-1-3-9(4-2-8)16-21(19,20)10-5-6-12(15)11(7-10)13(17)18/h1-7,16H,(H,17,18)/p-1. The Kier molecular flexibility index (Phi) is 4.29. The molecule has 8 heteroatoms. The molecule has 2 aromatic carbocycles. The molecule has 0 radical (unpaired) electrons. The molecule has 0 heterocycles. The molecule has 1 N–H and O–H groups in total. The molecule has 0 aliphatic heterocycles. The van der Waals surface area contributed by atoms with E-state index in [4.69, 9.17) is 0 Å². The fourth-order valence-electron chi connectivity index (χ4n) is 1.56. The topological polar surface area (TPSA) is 86.3 Å². The zero-order chi connectivity index (χ0) is 15.6. The van der Waals surface area contributed by atoms with Crippen LogP contribution < -0.4 is 9.83 Å².